The van der Waals surface area contributed by atoms with Crippen LogP contribution in [-0.4, -0.2) is 58.6 Å². The number of H-pyrrole nitrogens is 1. The molecule has 1 atom stereocenters. The van der Waals surface area contributed by atoms with Crippen molar-refractivity contribution in [1.29, 1.82) is 0 Å². The molecule has 0 radical (unpaired) electrons. The van der Waals surface area contributed by atoms with Gasteiger partial charge in [-0.05, 0) is 29.3 Å². The lowest BCUT2D eigenvalue weighted by molar-refractivity contribution is 0.0958. The van der Waals surface area contributed by atoms with Gasteiger partial charge >= 0.3 is 0 Å². The number of fused-ring (bicyclic) bond motifs is 3. The summed E-state index contributed by atoms with van der Waals surface area (Å²) in [6.07, 6.45) is 3.57. The molecular weight excluding hydrogens is 456 g/mol. The minimum absolute atomic E-state index is 0.0564. The number of hydrogen-bond acceptors (Lipinski definition) is 5. The molecule has 2 N–H and O–H groups in total. The number of aromatic amines is 1. The molecule has 3 aromatic heterocycles. The monoisotopic (exact) mass is 479 g/mol. The van der Waals surface area contributed by atoms with Crippen molar-refractivity contribution in [1.82, 2.24) is 24.6 Å². The van der Waals surface area contributed by atoms with Crippen LogP contribution in [0.4, 0.5) is 8.78 Å². The normalized spacial score (nSPS) is 16.5. The number of aromatic nitrogens is 3. The van der Waals surface area contributed by atoms with E-state index in [2.05, 4.69) is 15.3 Å². The molecule has 0 saturated heterocycles. The number of carbonyl (C=O) groups excluding carboxylic acids is 1. The molecule has 1 unspecified atom stereocenters. The van der Waals surface area contributed by atoms with E-state index in [-0.39, 0.29) is 23.7 Å². The fourth-order valence-electron chi connectivity index (χ4n) is 4.49. The zero-order chi connectivity index (χ0) is 24.7. The van der Waals surface area contributed by atoms with Crippen molar-refractivity contribution in [3.05, 3.63) is 81.8 Å². The highest BCUT2D eigenvalue weighted by molar-refractivity contribution is 5.92. The third kappa shape index (κ3) is 4.06. The largest absolute Gasteiger partial charge is 0.496 e. The lowest BCUT2D eigenvalue weighted by atomic mass is 9.98. The van der Waals surface area contributed by atoms with Crippen molar-refractivity contribution in [3.63, 3.8) is 0 Å². The van der Waals surface area contributed by atoms with Crippen molar-refractivity contribution < 1.29 is 18.3 Å². The van der Waals surface area contributed by atoms with Gasteiger partial charge in [0.25, 0.3) is 11.5 Å². The summed E-state index contributed by atoms with van der Waals surface area (Å²) in [7, 11) is 3.06. The topological polar surface area (TPSA) is 91.7 Å². The van der Waals surface area contributed by atoms with Gasteiger partial charge in [0.1, 0.15) is 23.1 Å². The van der Waals surface area contributed by atoms with Gasteiger partial charge < -0.3 is 19.4 Å². The maximum absolute atomic E-state index is 15.1. The molecule has 35 heavy (non-hydrogen) atoms. The Morgan fingerprint density at radius 2 is 2.14 bits per heavy atom. The molecule has 0 saturated carbocycles. The van der Waals surface area contributed by atoms with Crippen LogP contribution in [0.25, 0.3) is 22.1 Å². The second-order valence-electron chi connectivity index (χ2n) is 8.35. The van der Waals surface area contributed by atoms with Crippen LogP contribution in [-0.2, 0) is 6.54 Å². The number of rotatable bonds is 5. The van der Waals surface area contributed by atoms with Crippen LogP contribution in [0.5, 0.6) is 5.75 Å². The predicted molar refractivity (Wildman–Crippen MR) is 128 cm³/mol. The number of pyridine rings is 1. The van der Waals surface area contributed by atoms with Gasteiger partial charge in [-0.2, -0.15) is 0 Å². The smallest absolute Gasteiger partial charge is 0.275 e. The third-order valence-electron chi connectivity index (χ3n) is 6.23. The Bertz CT molecular complexity index is 1520. The van der Waals surface area contributed by atoms with Crippen LogP contribution < -0.4 is 15.6 Å². The van der Waals surface area contributed by atoms with Crippen LogP contribution in [0.2, 0.25) is 0 Å². The molecular formula is C25H23F2N5O3. The first kappa shape index (κ1) is 22.7. The number of nitrogens with zero attached hydrogens (tertiary/aromatic N) is 3. The average Bonchev–Trinajstić information content (AvgIpc) is 3.26. The Kier molecular flexibility index (Phi) is 5.81. The molecule has 1 aliphatic heterocycles. The Morgan fingerprint density at radius 3 is 2.83 bits per heavy atom. The number of nitrogens with one attached hydrogen (secondary N) is 2. The maximum Gasteiger partial charge on any atom is 0.275 e. The molecule has 4 heterocycles. The summed E-state index contributed by atoms with van der Waals surface area (Å²) in [6, 6.07) is 8.03. The van der Waals surface area contributed by atoms with Crippen LogP contribution in [0, 0.1) is 5.82 Å². The lowest BCUT2D eigenvalue weighted by Gasteiger charge is -2.29. The van der Waals surface area contributed by atoms with Gasteiger partial charge in [-0.15, -0.1) is 0 Å². The van der Waals surface area contributed by atoms with Gasteiger partial charge in [0.2, 0.25) is 0 Å². The Hall–Kier alpha value is -4.05. The molecule has 1 amide bonds. The van der Waals surface area contributed by atoms with Crippen molar-refractivity contribution in [2.45, 2.75) is 12.7 Å². The molecule has 5 rings (SSSR count). The van der Waals surface area contributed by atoms with Gasteiger partial charge in [-0.25, -0.2) is 8.78 Å². The van der Waals surface area contributed by atoms with E-state index in [0.717, 1.165) is 5.56 Å². The molecule has 4 aromatic rings. The fraction of sp³-hybridized carbons (Fsp3) is 0.240. The first-order valence-electron chi connectivity index (χ1n) is 11.0. The minimum atomic E-state index is -1.25. The maximum atomic E-state index is 15.1. The number of methoxy groups -OCH3 is 1. The summed E-state index contributed by atoms with van der Waals surface area (Å²) in [4.78, 5) is 32.8. The quantitative estimate of drug-likeness (QED) is 0.459. The predicted octanol–water partition coefficient (Wildman–Crippen LogP) is 2.92. The van der Waals surface area contributed by atoms with E-state index in [1.165, 1.54) is 37.0 Å². The van der Waals surface area contributed by atoms with E-state index in [9.17, 15) is 14.0 Å². The van der Waals surface area contributed by atoms with E-state index in [1.54, 1.807) is 24.3 Å². The summed E-state index contributed by atoms with van der Waals surface area (Å²) in [5.74, 6) is -0.343. The van der Waals surface area contributed by atoms with E-state index < -0.39 is 17.5 Å². The number of hydrogen-bond donors (Lipinski definition) is 2. The van der Waals surface area contributed by atoms with E-state index in [0.29, 0.717) is 41.0 Å². The van der Waals surface area contributed by atoms with E-state index in [1.807, 2.05) is 11.0 Å². The Labute approximate surface area is 198 Å². The van der Waals surface area contributed by atoms with Crippen LogP contribution in [0.15, 0.2) is 53.6 Å². The number of ether oxygens (including phenoxy) is 1. The molecule has 0 fully saturated rings. The molecule has 10 heteroatoms. The highest BCUT2D eigenvalue weighted by Gasteiger charge is 2.25. The minimum Gasteiger partial charge on any atom is -0.496 e. The van der Waals surface area contributed by atoms with Crippen molar-refractivity contribution in [3.8, 4) is 5.75 Å². The summed E-state index contributed by atoms with van der Waals surface area (Å²) in [5.41, 5.74) is 2.75. The first-order chi connectivity index (χ1) is 16.9. The number of carbonyl (C=O) groups is 1. The number of halogens is 2. The molecule has 0 bridgehead atoms. The van der Waals surface area contributed by atoms with Crippen molar-refractivity contribution in [2.24, 2.45) is 0 Å². The van der Waals surface area contributed by atoms with Gasteiger partial charge in [0.05, 0.1) is 18.1 Å². The standard InChI is InChI=1S/C25H23F2N5O3/c1-28-24(33)19-4-3-14(11-29-19)16-5-7-31(13-18(16)27)12-15-9-20-21(10-22(15)35-2)32-8-6-17(26)23(32)25(34)30-20/h3-6,8-11,18H,7,12-13H2,1-2H3,(H,28,33)(H,30,34). The highest BCUT2D eigenvalue weighted by atomic mass is 19.1. The Morgan fingerprint density at radius 1 is 1.31 bits per heavy atom. The first-order valence-corrected chi connectivity index (χ1v) is 11.0. The number of alkyl halides is 1. The zero-order valence-electron chi connectivity index (χ0n) is 19.1. The molecule has 0 aliphatic carbocycles. The van der Waals surface area contributed by atoms with Crippen LogP contribution in [0.3, 0.4) is 0 Å². The van der Waals surface area contributed by atoms with Crippen LogP contribution >= 0.6 is 0 Å². The van der Waals surface area contributed by atoms with Crippen molar-refractivity contribution in [2.75, 3.05) is 27.2 Å². The summed E-state index contributed by atoms with van der Waals surface area (Å²) in [6.45, 7) is 1.03. The third-order valence-corrected chi connectivity index (χ3v) is 6.23. The van der Waals surface area contributed by atoms with Gasteiger partial charge in [-0.3, -0.25) is 19.5 Å². The molecule has 0 spiro atoms. The molecule has 180 valence electrons. The highest BCUT2D eigenvalue weighted by Crippen LogP contribution is 2.30. The second-order valence-corrected chi connectivity index (χ2v) is 8.35. The summed E-state index contributed by atoms with van der Waals surface area (Å²) < 4.78 is 36.2. The van der Waals surface area contributed by atoms with E-state index >= 15 is 4.39 Å². The molecule has 1 aromatic carbocycles. The van der Waals surface area contributed by atoms with Gasteiger partial charge in [-0.1, -0.05) is 12.1 Å². The Balaban J connectivity index is 1.41. The zero-order valence-corrected chi connectivity index (χ0v) is 19.1. The summed E-state index contributed by atoms with van der Waals surface area (Å²) in [5, 5.41) is 2.51. The average molecular weight is 479 g/mol. The van der Waals surface area contributed by atoms with Crippen LogP contribution in [0.1, 0.15) is 21.6 Å². The SMILES string of the molecule is CNC(=O)c1ccc(C2=CCN(Cc3cc4[nH]c(=O)c5c(F)ccn5c4cc3OC)CC2F)cn1. The van der Waals surface area contributed by atoms with Gasteiger partial charge in [0, 0.05) is 50.7 Å². The fourth-order valence-corrected chi connectivity index (χ4v) is 4.49. The number of amides is 1. The molecule has 8 nitrogen and oxygen atoms in total. The van der Waals surface area contributed by atoms with E-state index in [4.69, 9.17) is 4.74 Å². The summed E-state index contributed by atoms with van der Waals surface area (Å²) >= 11 is 0. The van der Waals surface area contributed by atoms with Crippen molar-refractivity contribution >= 4 is 28.0 Å². The second kappa shape index (κ2) is 8.95. The lowest BCUT2D eigenvalue weighted by Crippen LogP contribution is -2.35. The molecule has 1 aliphatic rings. The van der Waals surface area contributed by atoms with Gasteiger partial charge in [0.15, 0.2) is 5.82 Å². The number of benzene rings is 1.